The van der Waals surface area contributed by atoms with Crippen molar-refractivity contribution in [3.63, 3.8) is 0 Å². The van der Waals surface area contributed by atoms with Crippen LogP contribution in [0.15, 0.2) is 29.7 Å². The van der Waals surface area contributed by atoms with E-state index in [2.05, 4.69) is 14.9 Å². The summed E-state index contributed by atoms with van der Waals surface area (Å²) in [5.74, 6) is -1.48. The third-order valence-electron chi connectivity index (χ3n) is 3.46. The summed E-state index contributed by atoms with van der Waals surface area (Å²) in [6.45, 7) is 0. The molecular formula is C15H13Cl2N3O3S. The molecule has 1 amide bonds. The van der Waals surface area contributed by atoms with E-state index >= 15 is 0 Å². The molecule has 1 saturated carbocycles. The molecule has 2 aromatic rings. The molecule has 0 aliphatic heterocycles. The number of rotatable bonds is 6. The van der Waals surface area contributed by atoms with Crippen LogP contribution >= 0.6 is 35.0 Å². The molecule has 1 heterocycles. The number of carbonyl (C=O) groups is 2. The predicted octanol–water partition coefficient (Wildman–Crippen LogP) is 3.95. The van der Waals surface area contributed by atoms with Crippen LogP contribution in [-0.4, -0.2) is 32.3 Å². The minimum atomic E-state index is -1.22. The standard InChI is InChI=1S/C15H13Cl2N3O3S/c16-8-5-10(14(22)23)13(11(17)6-8)19-12(21)7-24-15-18-3-4-20(15)9-1-2-9/h3-6,9H,1-2,7H2,(H,19,21)(H,22,23). The topological polar surface area (TPSA) is 84.2 Å². The Labute approximate surface area is 152 Å². The smallest absolute Gasteiger partial charge is 0.337 e. The van der Waals surface area contributed by atoms with Crippen molar-refractivity contribution in [2.24, 2.45) is 0 Å². The molecule has 0 spiro atoms. The maximum absolute atomic E-state index is 12.2. The average molecular weight is 386 g/mol. The normalized spacial score (nSPS) is 13.8. The number of halogens is 2. The van der Waals surface area contributed by atoms with Gasteiger partial charge in [0.2, 0.25) is 5.91 Å². The quantitative estimate of drug-likeness (QED) is 0.735. The molecule has 126 valence electrons. The first kappa shape index (κ1) is 17.1. The highest BCUT2D eigenvalue weighted by Gasteiger charge is 2.26. The highest BCUT2D eigenvalue weighted by molar-refractivity contribution is 7.99. The summed E-state index contributed by atoms with van der Waals surface area (Å²) < 4.78 is 2.05. The van der Waals surface area contributed by atoms with E-state index in [1.54, 1.807) is 6.20 Å². The second-order valence-corrected chi connectivity index (χ2v) is 7.09. The van der Waals surface area contributed by atoms with Gasteiger partial charge in [-0.3, -0.25) is 4.79 Å². The van der Waals surface area contributed by atoms with Crippen LogP contribution in [0.3, 0.4) is 0 Å². The zero-order chi connectivity index (χ0) is 17.3. The van der Waals surface area contributed by atoms with Crippen molar-refractivity contribution in [1.82, 2.24) is 9.55 Å². The van der Waals surface area contributed by atoms with Crippen molar-refractivity contribution in [2.45, 2.75) is 24.0 Å². The van der Waals surface area contributed by atoms with Crippen molar-refractivity contribution in [1.29, 1.82) is 0 Å². The fourth-order valence-electron chi connectivity index (χ4n) is 2.22. The molecule has 1 aromatic carbocycles. The van der Waals surface area contributed by atoms with E-state index in [1.807, 2.05) is 6.20 Å². The van der Waals surface area contributed by atoms with Gasteiger partial charge < -0.3 is 15.0 Å². The molecule has 3 rings (SSSR count). The van der Waals surface area contributed by atoms with Gasteiger partial charge in [-0.05, 0) is 25.0 Å². The Morgan fingerprint density at radius 2 is 2.12 bits per heavy atom. The molecule has 24 heavy (non-hydrogen) atoms. The number of aromatic nitrogens is 2. The van der Waals surface area contributed by atoms with E-state index < -0.39 is 5.97 Å². The van der Waals surface area contributed by atoms with Gasteiger partial charge in [-0.15, -0.1) is 0 Å². The Balaban J connectivity index is 1.69. The lowest BCUT2D eigenvalue weighted by Crippen LogP contribution is -2.17. The molecule has 0 bridgehead atoms. The van der Waals surface area contributed by atoms with E-state index in [-0.39, 0.29) is 33.0 Å². The number of carboxylic acid groups (broad SMARTS) is 1. The van der Waals surface area contributed by atoms with E-state index in [0.717, 1.165) is 18.0 Å². The van der Waals surface area contributed by atoms with Gasteiger partial charge >= 0.3 is 5.97 Å². The highest BCUT2D eigenvalue weighted by atomic mass is 35.5. The van der Waals surface area contributed by atoms with Gasteiger partial charge in [-0.1, -0.05) is 35.0 Å². The van der Waals surface area contributed by atoms with Crippen LogP contribution < -0.4 is 5.32 Å². The van der Waals surface area contributed by atoms with Gasteiger partial charge in [0.15, 0.2) is 5.16 Å². The summed E-state index contributed by atoms with van der Waals surface area (Å²) in [5, 5.41) is 12.8. The van der Waals surface area contributed by atoms with Crippen LogP contribution in [0, 0.1) is 0 Å². The molecule has 1 fully saturated rings. The Hall–Kier alpha value is -1.70. The first-order valence-corrected chi connectivity index (χ1v) is 8.87. The van der Waals surface area contributed by atoms with E-state index in [1.165, 1.54) is 23.9 Å². The van der Waals surface area contributed by atoms with Crippen molar-refractivity contribution >= 4 is 52.5 Å². The van der Waals surface area contributed by atoms with Crippen LogP contribution in [0.2, 0.25) is 10.0 Å². The zero-order valence-electron chi connectivity index (χ0n) is 12.3. The number of imidazole rings is 1. The number of benzene rings is 1. The molecule has 0 saturated heterocycles. The Morgan fingerprint density at radius 3 is 2.79 bits per heavy atom. The van der Waals surface area contributed by atoms with Gasteiger partial charge in [0.25, 0.3) is 0 Å². The van der Waals surface area contributed by atoms with Crippen molar-refractivity contribution in [3.05, 3.63) is 40.1 Å². The second-order valence-electron chi connectivity index (χ2n) is 5.30. The molecule has 0 atom stereocenters. The van der Waals surface area contributed by atoms with Gasteiger partial charge in [0, 0.05) is 23.5 Å². The fourth-order valence-corrected chi connectivity index (χ4v) is 3.58. The van der Waals surface area contributed by atoms with Crippen LogP contribution in [0.1, 0.15) is 29.2 Å². The van der Waals surface area contributed by atoms with Crippen molar-refractivity contribution in [2.75, 3.05) is 11.1 Å². The number of hydrogen-bond acceptors (Lipinski definition) is 4. The van der Waals surface area contributed by atoms with E-state index in [0.29, 0.717) is 6.04 Å². The molecule has 1 aliphatic carbocycles. The molecule has 9 heteroatoms. The number of hydrogen-bond donors (Lipinski definition) is 2. The summed E-state index contributed by atoms with van der Waals surface area (Å²) in [7, 11) is 0. The molecule has 1 aliphatic rings. The Bertz CT molecular complexity index is 805. The number of amides is 1. The molecular weight excluding hydrogens is 373 g/mol. The Kier molecular flexibility index (Phi) is 5.03. The lowest BCUT2D eigenvalue weighted by Gasteiger charge is -2.11. The highest BCUT2D eigenvalue weighted by Crippen LogP contribution is 2.37. The number of nitrogens with zero attached hydrogens (tertiary/aromatic N) is 2. The van der Waals surface area contributed by atoms with Gasteiger partial charge in [-0.25, -0.2) is 9.78 Å². The lowest BCUT2D eigenvalue weighted by molar-refractivity contribution is -0.113. The molecule has 6 nitrogen and oxygen atoms in total. The largest absolute Gasteiger partial charge is 0.478 e. The summed E-state index contributed by atoms with van der Waals surface area (Å²) in [6, 6.07) is 3.11. The number of carbonyl (C=O) groups excluding carboxylic acids is 1. The first-order chi connectivity index (χ1) is 11.5. The van der Waals surface area contributed by atoms with Crippen LogP contribution in [0.5, 0.6) is 0 Å². The number of aromatic carboxylic acids is 1. The maximum atomic E-state index is 12.2. The van der Waals surface area contributed by atoms with Crippen molar-refractivity contribution in [3.8, 4) is 0 Å². The monoisotopic (exact) mass is 385 g/mol. The fraction of sp³-hybridized carbons (Fsp3) is 0.267. The third kappa shape index (κ3) is 3.85. The van der Waals surface area contributed by atoms with Crippen LogP contribution in [0.4, 0.5) is 5.69 Å². The summed E-state index contributed by atoms with van der Waals surface area (Å²) in [6.07, 6.45) is 5.85. The average Bonchev–Trinajstić information content (AvgIpc) is 3.26. The first-order valence-electron chi connectivity index (χ1n) is 7.13. The number of thioether (sulfide) groups is 1. The zero-order valence-corrected chi connectivity index (χ0v) is 14.7. The van der Waals surface area contributed by atoms with Gasteiger partial charge in [0.05, 0.1) is 22.0 Å². The van der Waals surface area contributed by atoms with Crippen molar-refractivity contribution < 1.29 is 14.7 Å². The summed E-state index contributed by atoms with van der Waals surface area (Å²) in [4.78, 5) is 27.7. The Morgan fingerprint density at radius 1 is 1.38 bits per heavy atom. The molecule has 1 aromatic heterocycles. The maximum Gasteiger partial charge on any atom is 0.337 e. The van der Waals surface area contributed by atoms with Crippen LogP contribution in [-0.2, 0) is 4.79 Å². The number of anilines is 1. The molecule has 0 radical (unpaired) electrons. The SMILES string of the molecule is O=C(CSc1nccn1C1CC1)Nc1c(Cl)cc(Cl)cc1C(=O)O. The second kappa shape index (κ2) is 7.04. The minimum Gasteiger partial charge on any atom is -0.478 e. The number of nitrogens with one attached hydrogen (secondary N) is 1. The van der Waals surface area contributed by atoms with E-state index in [9.17, 15) is 14.7 Å². The van der Waals surface area contributed by atoms with Crippen LogP contribution in [0.25, 0.3) is 0 Å². The summed E-state index contributed by atoms with van der Waals surface area (Å²) in [5.41, 5.74) is -0.102. The molecule has 0 unspecified atom stereocenters. The lowest BCUT2D eigenvalue weighted by atomic mass is 10.1. The predicted molar refractivity (Wildman–Crippen MR) is 93.3 cm³/mol. The van der Waals surface area contributed by atoms with E-state index in [4.69, 9.17) is 23.2 Å². The number of carboxylic acids is 1. The third-order valence-corrected chi connectivity index (χ3v) is 4.95. The summed E-state index contributed by atoms with van der Waals surface area (Å²) >= 11 is 13.1. The van der Waals surface area contributed by atoms with Gasteiger partial charge in [-0.2, -0.15) is 0 Å². The molecule has 2 N–H and O–H groups in total. The minimum absolute atomic E-state index is 0.0460. The van der Waals surface area contributed by atoms with Gasteiger partial charge in [0.1, 0.15) is 0 Å².